The first-order valence-electron chi connectivity index (χ1n) is 6.79. The van der Waals surface area contributed by atoms with E-state index >= 15 is 0 Å². The standard InChI is InChI=1S/C15H17F3O2/c1-2-9-3-5-15(6-4-9,14(19)20)10-7-11(16)13(18)12(17)8-10/h7-9H,2-6H2,1H3,(H,19,20)/t9-,15-. The molecular formula is C15H17F3O2. The molecule has 0 spiro atoms. The minimum absolute atomic E-state index is 0.0240. The second-order valence-electron chi connectivity index (χ2n) is 5.49. The van der Waals surface area contributed by atoms with E-state index in [0.717, 1.165) is 18.6 Å². The van der Waals surface area contributed by atoms with Gasteiger partial charge in [-0.3, -0.25) is 4.79 Å². The van der Waals surface area contributed by atoms with Crippen molar-refractivity contribution in [3.63, 3.8) is 0 Å². The zero-order valence-corrected chi connectivity index (χ0v) is 11.3. The molecule has 0 aromatic heterocycles. The van der Waals surface area contributed by atoms with Crippen LogP contribution in [0.3, 0.4) is 0 Å². The molecule has 1 saturated carbocycles. The highest BCUT2D eigenvalue weighted by Gasteiger charge is 2.44. The van der Waals surface area contributed by atoms with Crippen molar-refractivity contribution >= 4 is 5.97 Å². The summed E-state index contributed by atoms with van der Waals surface area (Å²) < 4.78 is 39.7. The summed E-state index contributed by atoms with van der Waals surface area (Å²) in [4.78, 5) is 11.6. The molecule has 0 heterocycles. The molecule has 1 aromatic rings. The summed E-state index contributed by atoms with van der Waals surface area (Å²) in [7, 11) is 0. The molecule has 110 valence electrons. The smallest absolute Gasteiger partial charge is 0.314 e. The quantitative estimate of drug-likeness (QED) is 0.852. The number of rotatable bonds is 3. The molecule has 0 atom stereocenters. The van der Waals surface area contributed by atoms with Gasteiger partial charge in [0, 0.05) is 0 Å². The first-order valence-corrected chi connectivity index (χ1v) is 6.79. The molecule has 0 radical (unpaired) electrons. The maximum atomic E-state index is 13.4. The predicted octanol–water partition coefficient (Wildman–Crippen LogP) is 4.03. The fourth-order valence-corrected chi connectivity index (χ4v) is 3.04. The van der Waals surface area contributed by atoms with Crippen molar-refractivity contribution in [2.24, 2.45) is 5.92 Å². The molecule has 2 nitrogen and oxygen atoms in total. The van der Waals surface area contributed by atoms with Crippen LogP contribution in [0, 0.1) is 23.4 Å². The van der Waals surface area contributed by atoms with Crippen molar-refractivity contribution in [3.8, 4) is 0 Å². The maximum absolute atomic E-state index is 13.4. The number of hydrogen-bond donors (Lipinski definition) is 1. The third-order valence-corrected chi connectivity index (χ3v) is 4.48. The Morgan fingerprint density at radius 2 is 1.75 bits per heavy atom. The topological polar surface area (TPSA) is 37.3 Å². The molecule has 1 aromatic carbocycles. The summed E-state index contributed by atoms with van der Waals surface area (Å²) >= 11 is 0. The van der Waals surface area contributed by atoms with E-state index in [0.29, 0.717) is 31.6 Å². The van der Waals surface area contributed by atoms with Crippen LogP contribution < -0.4 is 0 Å². The summed E-state index contributed by atoms with van der Waals surface area (Å²) in [5.74, 6) is -4.89. The number of hydrogen-bond acceptors (Lipinski definition) is 1. The van der Waals surface area contributed by atoms with Gasteiger partial charge in [-0.25, -0.2) is 13.2 Å². The molecule has 2 rings (SSSR count). The molecule has 0 aliphatic heterocycles. The monoisotopic (exact) mass is 286 g/mol. The Hall–Kier alpha value is -1.52. The number of carboxylic acid groups (broad SMARTS) is 1. The van der Waals surface area contributed by atoms with Crippen molar-refractivity contribution in [2.75, 3.05) is 0 Å². The minimum atomic E-state index is -1.56. The van der Waals surface area contributed by atoms with Gasteiger partial charge in [-0.05, 0) is 49.3 Å². The highest BCUT2D eigenvalue weighted by atomic mass is 19.2. The largest absolute Gasteiger partial charge is 0.481 e. The number of aliphatic carboxylic acids is 1. The van der Waals surface area contributed by atoms with Crippen molar-refractivity contribution < 1.29 is 23.1 Å². The summed E-state index contributed by atoms with van der Waals surface area (Å²) in [5.41, 5.74) is -1.28. The molecule has 0 saturated heterocycles. The minimum Gasteiger partial charge on any atom is -0.481 e. The second-order valence-corrected chi connectivity index (χ2v) is 5.49. The fourth-order valence-electron chi connectivity index (χ4n) is 3.04. The first kappa shape index (κ1) is 14.9. The van der Waals surface area contributed by atoms with Crippen LogP contribution in [0.25, 0.3) is 0 Å². The molecule has 0 amide bonds. The molecular weight excluding hydrogens is 269 g/mol. The van der Waals surface area contributed by atoms with Crippen LogP contribution in [0.15, 0.2) is 12.1 Å². The molecule has 20 heavy (non-hydrogen) atoms. The van der Waals surface area contributed by atoms with Crippen LogP contribution in [0.1, 0.15) is 44.6 Å². The predicted molar refractivity (Wildman–Crippen MR) is 67.9 cm³/mol. The summed E-state index contributed by atoms with van der Waals surface area (Å²) in [6, 6.07) is 1.64. The Kier molecular flexibility index (Phi) is 4.06. The average molecular weight is 286 g/mol. The summed E-state index contributed by atoms with van der Waals surface area (Å²) in [5, 5.41) is 9.51. The van der Waals surface area contributed by atoms with E-state index in [-0.39, 0.29) is 5.56 Å². The van der Waals surface area contributed by atoms with E-state index in [1.165, 1.54) is 0 Å². The maximum Gasteiger partial charge on any atom is 0.314 e. The summed E-state index contributed by atoms with van der Waals surface area (Å²) in [6.07, 6.45) is 3.01. The molecule has 5 heteroatoms. The Bertz CT molecular complexity index is 497. The SMILES string of the molecule is CC[C@H]1CC[C@@](C(=O)O)(c2cc(F)c(F)c(F)c2)CC1. The zero-order chi connectivity index (χ0) is 14.9. The normalized spacial score (nSPS) is 26.5. The van der Waals surface area contributed by atoms with Crippen molar-refractivity contribution in [1.82, 2.24) is 0 Å². The molecule has 1 aliphatic carbocycles. The first-order chi connectivity index (χ1) is 9.40. The van der Waals surface area contributed by atoms with Crippen LogP contribution in [0.2, 0.25) is 0 Å². The Morgan fingerprint density at radius 3 is 2.15 bits per heavy atom. The molecule has 1 aliphatic rings. The van der Waals surface area contributed by atoms with Crippen molar-refractivity contribution in [3.05, 3.63) is 35.1 Å². The van der Waals surface area contributed by atoms with Crippen LogP contribution in [-0.2, 0) is 10.2 Å². The molecule has 0 unspecified atom stereocenters. The van der Waals surface area contributed by atoms with Gasteiger partial charge in [-0.1, -0.05) is 13.3 Å². The highest BCUT2D eigenvalue weighted by molar-refractivity contribution is 5.81. The molecule has 0 bridgehead atoms. The lowest BCUT2D eigenvalue weighted by Crippen LogP contribution is -2.39. The van der Waals surface area contributed by atoms with Gasteiger partial charge in [0.05, 0.1) is 5.41 Å². The van der Waals surface area contributed by atoms with Gasteiger partial charge in [-0.2, -0.15) is 0 Å². The van der Waals surface area contributed by atoms with Crippen molar-refractivity contribution in [1.29, 1.82) is 0 Å². The van der Waals surface area contributed by atoms with E-state index in [4.69, 9.17) is 0 Å². The lowest BCUT2D eigenvalue weighted by molar-refractivity contribution is -0.145. The summed E-state index contributed by atoms with van der Waals surface area (Å²) in [6.45, 7) is 2.04. The second kappa shape index (κ2) is 5.46. The molecule has 1 fully saturated rings. The fraction of sp³-hybridized carbons (Fsp3) is 0.533. The number of halogens is 3. The third kappa shape index (κ3) is 2.41. The van der Waals surface area contributed by atoms with Crippen LogP contribution in [0.4, 0.5) is 13.2 Å². The van der Waals surface area contributed by atoms with Gasteiger partial charge in [0.25, 0.3) is 0 Å². The van der Waals surface area contributed by atoms with E-state index < -0.39 is 28.8 Å². The Labute approximate surface area is 115 Å². The van der Waals surface area contributed by atoms with E-state index in [1.807, 2.05) is 6.92 Å². The van der Waals surface area contributed by atoms with Gasteiger partial charge in [0.1, 0.15) is 0 Å². The van der Waals surface area contributed by atoms with Crippen LogP contribution in [-0.4, -0.2) is 11.1 Å². The number of carbonyl (C=O) groups is 1. The van der Waals surface area contributed by atoms with Gasteiger partial charge >= 0.3 is 5.97 Å². The van der Waals surface area contributed by atoms with Gasteiger partial charge in [0.15, 0.2) is 17.5 Å². The van der Waals surface area contributed by atoms with Crippen LogP contribution >= 0.6 is 0 Å². The molecule has 1 N–H and O–H groups in total. The Morgan fingerprint density at radius 1 is 1.25 bits per heavy atom. The van der Waals surface area contributed by atoms with Crippen molar-refractivity contribution in [2.45, 2.75) is 44.4 Å². The van der Waals surface area contributed by atoms with E-state index in [9.17, 15) is 23.1 Å². The number of carboxylic acids is 1. The van der Waals surface area contributed by atoms with Gasteiger partial charge in [-0.15, -0.1) is 0 Å². The lowest BCUT2D eigenvalue weighted by Gasteiger charge is -2.37. The highest BCUT2D eigenvalue weighted by Crippen LogP contribution is 2.43. The van der Waals surface area contributed by atoms with Gasteiger partial charge in [0.2, 0.25) is 0 Å². The van der Waals surface area contributed by atoms with Gasteiger partial charge < -0.3 is 5.11 Å². The average Bonchev–Trinajstić information content (AvgIpc) is 2.44. The van der Waals surface area contributed by atoms with E-state index in [1.54, 1.807) is 0 Å². The lowest BCUT2D eigenvalue weighted by atomic mass is 9.66. The zero-order valence-electron chi connectivity index (χ0n) is 11.3. The third-order valence-electron chi connectivity index (χ3n) is 4.48. The van der Waals surface area contributed by atoms with Crippen LogP contribution in [0.5, 0.6) is 0 Å². The van der Waals surface area contributed by atoms with E-state index in [2.05, 4.69) is 0 Å². The number of benzene rings is 1. The Balaban J connectivity index is 2.42.